The van der Waals surface area contributed by atoms with E-state index in [0.717, 1.165) is 0 Å². The van der Waals surface area contributed by atoms with E-state index >= 15 is 0 Å². The summed E-state index contributed by atoms with van der Waals surface area (Å²) >= 11 is 0. The first kappa shape index (κ1) is 25.9. The van der Waals surface area contributed by atoms with Crippen LogP contribution in [0.1, 0.15) is 29.8 Å². The van der Waals surface area contributed by atoms with Crippen molar-refractivity contribution >= 4 is 22.6 Å². The Morgan fingerprint density at radius 3 is 2.38 bits per heavy atom. The molecule has 0 unspecified atom stereocenters. The molecule has 1 heterocycles. The lowest BCUT2D eigenvalue weighted by atomic mass is 9.97. The molecule has 4 aromatic rings. The summed E-state index contributed by atoms with van der Waals surface area (Å²) in [7, 11) is 1.49. The smallest absolute Gasteiger partial charge is 0.387 e. The van der Waals surface area contributed by atoms with Gasteiger partial charge in [-0.1, -0.05) is 26.5 Å². The lowest BCUT2D eigenvalue weighted by Crippen LogP contribution is -2.18. The van der Waals surface area contributed by atoms with E-state index < -0.39 is 18.3 Å². The molecule has 0 bridgehead atoms. The van der Waals surface area contributed by atoms with Crippen LogP contribution in [0.25, 0.3) is 39.1 Å². The number of hydrogen-bond donors (Lipinski definition) is 2. The van der Waals surface area contributed by atoms with E-state index in [2.05, 4.69) is 31.1 Å². The molecule has 1 amide bonds. The Morgan fingerprint density at radius 1 is 1.03 bits per heavy atom. The van der Waals surface area contributed by atoms with Crippen molar-refractivity contribution in [3.8, 4) is 28.2 Å². The maximum absolute atomic E-state index is 13.5. The average Bonchev–Trinajstić information content (AvgIpc) is 3.25. The number of carbonyl (C=O) groups excluding carboxylic acids is 1. The number of alkyl halides is 2. The van der Waals surface area contributed by atoms with Gasteiger partial charge in [0.1, 0.15) is 22.9 Å². The molecule has 0 saturated heterocycles. The van der Waals surface area contributed by atoms with Crippen LogP contribution in [0.4, 0.5) is 13.2 Å². The molecule has 2 N–H and O–H groups in total. The van der Waals surface area contributed by atoms with Crippen molar-refractivity contribution < 1.29 is 27.1 Å². The maximum Gasteiger partial charge on any atom is 0.387 e. The van der Waals surface area contributed by atoms with Crippen LogP contribution in [0.3, 0.4) is 0 Å². The summed E-state index contributed by atoms with van der Waals surface area (Å²) in [5.74, 6) is -0.174. The minimum Gasteiger partial charge on any atom is -0.455 e. The highest BCUT2D eigenvalue weighted by Gasteiger charge is 2.23. The molecule has 1 aromatic heterocycles. The average molecular weight is 509 g/mol. The molecule has 4 rings (SSSR count). The Kier molecular flexibility index (Phi) is 7.57. The number of hydrogen-bond acceptors (Lipinski definition) is 4. The molecule has 37 heavy (non-hydrogen) atoms. The second-order valence-corrected chi connectivity index (χ2v) is 8.95. The van der Waals surface area contributed by atoms with Crippen LogP contribution in [0.5, 0.6) is 5.75 Å². The summed E-state index contributed by atoms with van der Waals surface area (Å²) < 4.78 is 50.7. The highest BCUT2D eigenvalue weighted by molar-refractivity contribution is 6.11. The van der Waals surface area contributed by atoms with Crippen molar-refractivity contribution in [2.75, 3.05) is 13.6 Å². The van der Waals surface area contributed by atoms with Gasteiger partial charge in [-0.25, -0.2) is 4.39 Å². The van der Waals surface area contributed by atoms with Gasteiger partial charge in [0.15, 0.2) is 0 Å². The first-order valence-electron chi connectivity index (χ1n) is 11.7. The third-order valence-electron chi connectivity index (χ3n) is 5.83. The number of ether oxygens (including phenoxy) is 1. The number of carbonyl (C=O) groups is 1. The molecular formula is C29H27F3N2O3. The minimum atomic E-state index is -3.02. The van der Waals surface area contributed by atoms with Gasteiger partial charge in [0.2, 0.25) is 0 Å². The number of rotatable bonds is 9. The van der Waals surface area contributed by atoms with Crippen molar-refractivity contribution in [1.29, 1.82) is 0 Å². The van der Waals surface area contributed by atoms with Crippen LogP contribution in [-0.4, -0.2) is 26.1 Å². The molecule has 5 nitrogen and oxygen atoms in total. The Hall–Kier alpha value is -4.20. The van der Waals surface area contributed by atoms with Gasteiger partial charge in [0.25, 0.3) is 5.91 Å². The Bertz CT molecular complexity index is 1440. The summed E-state index contributed by atoms with van der Waals surface area (Å²) in [5, 5.41) is 6.33. The molecule has 0 spiro atoms. The molecule has 0 fully saturated rings. The number of benzene rings is 3. The quantitative estimate of drug-likeness (QED) is 0.254. The van der Waals surface area contributed by atoms with E-state index in [1.807, 2.05) is 0 Å². The van der Waals surface area contributed by atoms with Crippen molar-refractivity contribution in [1.82, 2.24) is 10.6 Å². The number of amides is 1. The predicted molar refractivity (Wildman–Crippen MR) is 139 cm³/mol. The largest absolute Gasteiger partial charge is 0.455 e. The highest BCUT2D eigenvalue weighted by atomic mass is 19.3. The summed E-state index contributed by atoms with van der Waals surface area (Å²) in [4.78, 5) is 12.9. The third kappa shape index (κ3) is 5.63. The van der Waals surface area contributed by atoms with Gasteiger partial charge in [-0.2, -0.15) is 8.78 Å². The fraction of sp³-hybridized carbons (Fsp3) is 0.207. The molecule has 0 saturated carbocycles. The Labute approximate surface area is 212 Å². The normalized spacial score (nSPS) is 11.2. The standard InChI is InChI=1S/C29H27F3N2O3/c1-16(2)15-34-17(3)19-7-11-24(37-29(31)32)22(13-19)20-8-12-25-23(14-20)26(28(35)33-4)27(36-25)18-5-9-21(30)10-6-18/h5-14,16,29,34H,3,15H2,1-2,4H3,(H,33,35). The number of halogens is 3. The molecular weight excluding hydrogens is 481 g/mol. The van der Waals surface area contributed by atoms with Crippen molar-refractivity contribution in [3.05, 3.63) is 84.2 Å². The van der Waals surface area contributed by atoms with Gasteiger partial charge in [-0.3, -0.25) is 4.79 Å². The molecule has 192 valence electrons. The second-order valence-electron chi connectivity index (χ2n) is 8.95. The zero-order valence-electron chi connectivity index (χ0n) is 20.7. The molecule has 3 aromatic carbocycles. The van der Waals surface area contributed by atoms with Crippen molar-refractivity contribution in [3.63, 3.8) is 0 Å². The maximum atomic E-state index is 13.5. The van der Waals surface area contributed by atoms with E-state index in [1.165, 1.54) is 37.4 Å². The van der Waals surface area contributed by atoms with Crippen LogP contribution < -0.4 is 15.4 Å². The molecule has 0 aliphatic heterocycles. The van der Waals surface area contributed by atoms with Crippen LogP contribution >= 0.6 is 0 Å². The molecule has 8 heteroatoms. The zero-order chi connectivity index (χ0) is 26.7. The van der Waals surface area contributed by atoms with E-state index in [-0.39, 0.29) is 17.1 Å². The summed E-state index contributed by atoms with van der Waals surface area (Å²) in [6.07, 6.45) is 0. The van der Waals surface area contributed by atoms with Gasteiger partial charge < -0.3 is 19.8 Å². The van der Waals surface area contributed by atoms with Gasteiger partial charge in [-0.05, 0) is 71.6 Å². The topological polar surface area (TPSA) is 63.5 Å². The van der Waals surface area contributed by atoms with Gasteiger partial charge in [0, 0.05) is 35.8 Å². The lowest BCUT2D eigenvalue weighted by Gasteiger charge is -2.16. The highest BCUT2D eigenvalue weighted by Crippen LogP contribution is 2.39. The van der Waals surface area contributed by atoms with Crippen LogP contribution in [0.2, 0.25) is 0 Å². The first-order chi connectivity index (χ1) is 17.7. The van der Waals surface area contributed by atoms with Gasteiger partial charge >= 0.3 is 6.61 Å². The molecule has 0 radical (unpaired) electrons. The fourth-order valence-corrected chi connectivity index (χ4v) is 3.99. The Morgan fingerprint density at radius 2 is 1.73 bits per heavy atom. The van der Waals surface area contributed by atoms with Crippen molar-refractivity contribution in [2.45, 2.75) is 20.5 Å². The SMILES string of the molecule is C=C(NCC(C)C)c1ccc(OC(F)F)c(-c2ccc3oc(-c4ccc(F)cc4)c(C(=O)NC)c3c2)c1. The van der Waals surface area contributed by atoms with Crippen LogP contribution in [0.15, 0.2) is 71.7 Å². The lowest BCUT2D eigenvalue weighted by molar-refractivity contribution is -0.0494. The van der Waals surface area contributed by atoms with Crippen LogP contribution in [-0.2, 0) is 0 Å². The van der Waals surface area contributed by atoms with Crippen molar-refractivity contribution in [2.24, 2.45) is 5.92 Å². The fourth-order valence-electron chi connectivity index (χ4n) is 3.99. The zero-order valence-corrected chi connectivity index (χ0v) is 20.7. The first-order valence-corrected chi connectivity index (χ1v) is 11.7. The second kappa shape index (κ2) is 10.8. The minimum absolute atomic E-state index is 0.0153. The Balaban J connectivity index is 1.87. The van der Waals surface area contributed by atoms with Crippen LogP contribution in [0, 0.1) is 11.7 Å². The van der Waals surface area contributed by atoms with Gasteiger partial charge in [-0.15, -0.1) is 0 Å². The number of nitrogens with one attached hydrogen (secondary N) is 2. The van der Waals surface area contributed by atoms with E-state index in [9.17, 15) is 18.0 Å². The summed E-state index contributed by atoms with van der Waals surface area (Å²) in [6.45, 7) is 5.88. The van der Waals surface area contributed by atoms with Gasteiger partial charge in [0.05, 0.1) is 5.56 Å². The molecule has 0 aliphatic carbocycles. The molecule has 0 atom stereocenters. The van der Waals surface area contributed by atoms with E-state index in [4.69, 9.17) is 9.15 Å². The van der Waals surface area contributed by atoms with E-state index in [1.54, 1.807) is 30.3 Å². The number of fused-ring (bicyclic) bond motifs is 1. The van der Waals surface area contributed by atoms with E-state index in [0.29, 0.717) is 51.4 Å². The summed E-state index contributed by atoms with van der Waals surface area (Å²) in [6, 6.07) is 15.5. The monoisotopic (exact) mass is 508 g/mol. The number of furan rings is 1. The third-order valence-corrected chi connectivity index (χ3v) is 5.83. The summed E-state index contributed by atoms with van der Waals surface area (Å²) in [5.41, 5.74) is 3.49. The predicted octanol–water partition coefficient (Wildman–Crippen LogP) is 7.08. The molecule has 0 aliphatic rings.